The molecule has 0 radical (unpaired) electrons. The lowest BCUT2D eigenvalue weighted by Gasteiger charge is -2.18. The van der Waals surface area contributed by atoms with E-state index in [1.165, 1.54) is 30.9 Å². The summed E-state index contributed by atoms with van der Waals surface area (Å²) in [6.07, 6.45) is 7.08. The van der Waals surface area contributed by atoms with Gasteiger partial charge in [-0.1, -0.05) is 29.8 Å². The standard InChI is InChI=1S/C15H21FN2/c16-14-8-4-3-7-13(14)15(11-17)18-10-9-12-5-1-2-6-12/h3-5,7-8,15,18H,1-2,6,9-11,17H2. The van der Waals surface area contributed by atoms with Crippen LogP contribution in [-0.2, 0) is 0 Å². The van der Waals surface area contributed by atoms with Crippen LogP contribution in [0.2, 0.25) is 0 Å². The molecule has 1 unspecified atom stereocenters. The molecule has 0 saturated heterocycles. The molecule has 3 N–H and O–H groups in total. The van der Waals surface area contributed by atoms with Gasteiger partial charge in [-0.3, -0.25) is 0 Å². The van der Waals surface area contributed by atoms with Gasteiger partial charge < -0.3 is 11.1 Å². The molecule has 18 heavy (non-hydrogen) atoms. The van der Waals surface area contributed by atoms with Crippen LogP contribution in [0.25, 0.3) is 0 Å². The summed E-state index contributed by atoms with van der Waals surface area (Å²) < 4.78 is 13.6. The summed E-state index contributed by atoms with van der Waals surface area (Å²) in [6, 6.07) is 6.75. The Labute approximate surface area is 108 Å². The zero-order valence-corrected chi connectivity index (χ0v) is 10.7. The Morgan fingerprint density at radius 2 is 2.17 bits per heavy atom. The van der Waals surface area contributed by atoms with Gasteiger partial charge in [-0.2, -0.15) is 0 Å². The number of rotatable bonds is 6. The zero-order chi connectivity index (χ0) is 12.8. The highest BCUT2D eigenvalue weighted by Crippen LogP contribution is 2.21. The molecule has 0 saturated carbocycles. The third-order valence-electron chi connectivity index (χ3n) is 3.49. The molecule has 1 aromatic carbocycles. The largest absolute Gasteiger partial charge is 0.329 e. The van der Waals surface area contributed by atoms with Crippen LogP contribution >= 0.6 is 0 Å². The van der Waals surface area contributed by atoms with Gasteiger partial charge in [0.15, 0.2) is 0 Å². The summed E-state index contributed by atoms with van der Waals surface area (Å²) in [5.74, 6) is -0.180. The van der Waals surface area contributed by atoms with Crippen LogP contribution < -0.4 is 11.1 Å². The van der Waals surface area contributed by atoms with Crippen molar-refractivity contribution in [2.45, 2.75) is 31.7 Å². The Kier molecular flexibility index (Phi) is 4.90. The van der Waals surface area contributed by atoms with Gasteiger partial charge in [0.25, 0.3) is 0 Å². The molecule has 0 aromatic heterocycles. The van der Waals surface area contributed by atoms with Crippen molar-refractivity contribution in [3.63, 3.8) is 0 Å². The van der Waals surface area contributed by atoms with E-state index in [0.29, 0.717) is 12.1 Å². The molecule has 2 nitrogen and oxygen atoms in total. The first-order chi connectivity index (χ1) is 8.81. The molecule has 0 spiro atoms. The Balaban J connectivity index is 1.87. The molecule has 0 amide bonds. The van der Waals surface area contributed by atoms with Crippen molar-refractivity contribution >= 4 is 0 Å². The lowest BCUT2D eigenvalue weighted by molar-refractivity contribution is 0.507. The summed E-state index contributed by atoms with van der Waals surface area (Å²) in [5.41, 5.74) is 7.91. The molecule has 98 valence electrons. The van der Waals surface area contributed by atoms with Crippen molar-refractivity contribution < 1.29 is 4.39 Å². The monoisotopic (exact) mass is 248 g/mol. The molecular weight excluding hydrogens is 227 g/mol. The van der Waals surface area contributed by atoms with Gasteiger partial charge in [0.1, 0.15) is 5.82 Å². The summed E-state index contributed by atoms with van der Waals surface area (Å²) in [4.78, 5) is 0. The minimum atomic E-state index is -0.180. The Morgan fingerprint density at radius 1 is 1.33 bits per heavy atom. The molecule has 1 aliphatic rings. The highest BCUT2D eigenvalue weighted by molar-refractivity contribution is 5.21. The summed E-state index contributed by atoms with van der Waals surface area (Å²) >= 11 is 0. The second-order valence-corrected chi connectivity index (χ2v) is 4.77. The summed E-state index contributed by atoms with van der Waals surface area (Å²) in [5, 5.41) is 3.35. The van der Waals surface area contributed by atoms with Crippen LogP contribution in [0.1, 0.15) is 37.3 Å². The number of nitrogens with one attached hydrogen (secondary N) is 1. The van der Waals surface area contributed by atoms with Crippen molar-refractivity contribution in [1.29, 1.82) is 0 Å². The van der Waals surface area contributed by atoms with E-state index in [4.69, 9.17) is 5.73 Å². The molecule has 1 aliphatic carbocycles. The molecule has 0 heterocycles. The molecule has 1 atom stereocenters. The molecule has 3 heteroatoms. The van der Waals surface area contributed by atoms with Crippen molar-refractivity contribution in [1.82, 2.24) is 5.32 Å². The smallest absolute Gasteiger partial charge is 0.128 e. The number of hydrogen-bond donors (Lipinski definition) is 2. The third-order valence-corrected chi connectivity index (χ3v) is 3.49. The van der Waals surface area contributed by atoms with Crippen molar-refractivity contribution in [3.8, 4) is 0 Å². The highest BCUT2D eigenvalue weighted by atomic mass is 19.1. The maximum atomic E-state index is 13.6. The number of hydrogen-bond acceptors (Lipinski definition) is 2. The first-order valence-corrected chi connectivity index (χ1v) is 6.67. The summed E-state index contributed by atoms with van der Waals surface area (Å²) in [7, 11) is 0. The number of benzene rings is 1. The van der Waals surface area contributed by atoms with Crippen molar-refractivity contribution in [2.75, 3.05) is 13.1 Å². The molecule has 2 rings (SSSR count). The van der Waals surface area contributed by atoms with E-state index < -0.39 is 0 Å². The van der Waals surface area contributed by atoms with E-state index >= 15 is 0 Å². The number of allylic oxidation sites excluding steroid dienone is 1. The van der Waals surface area contributed by atoms with E-state index in [1.807, 2.05) is 6.07 Å². The number of halogens is 1. The first kappa shape index (κ1) is 13.2. The van der Waals surface area contributed by atoms with Gasteiger partial charge in [-0.25, -0.2) is 4.39 Å². The Morgan fingerprint density at radius 3 is 2.83 bits per heavy atom. The fourth-order valence-corrected chi connectivity index (χ4v) is 2.45. The molecular formula is C15H21FN2. The normalized spacial score (nSPS) is 16.7. The zero-order valence-electron chi connectivity index (χ0n) is 10.7. The quantitative estimate of drug-likeness (QED) is 0.760. The lowest BCUT2D eigenvalue weighted by Crippen LogP contribution is -2.29. The predicted octanol–water partition coefficient (Wildman–Crippen LogP) is 2.92. The van der Waals surface area contributed by atoms with E-state index in [2.05, 4.69) is 11.4 Å². The van der Waals surface area contributed by atoms with Crippen LogP contribution in [0.15, 0.2) is 35.9 Å². The minimum absolute atomic E-state index is 0.0896. The Bertz CT molecular complexity index is 415. The van der Waals surface area contributed by atoms with E-state index in [9.17, 15) is 4.39 Å². The Hall–Kier alpha value is -1.19. The minimum Gasteiger partial charge on any atom is -0.329 e. The van der Waals surface area contributed by atoms with Crippen LogP contribution in [0.4, 0.5) is 4.39 Å². The van der Waals surface area contributed by atoms with Crippen LogP contribution in [-0.4, -0.2) is 13.1 Å². The average Bonchev–Trinajstić information content (AvgIpc) is 2.89. The first-order valence-electron chi connectivity index (χ1n) is 6.67. The van der Waals surface area contributed by atoms with Crippen LogP contribution in [0.3, 0.4) is 0 Å². The van der Waals surface area contributed by atoms with E-state index in [0.717, 1.165) is 13.0 Å². The van der Waals surface area contributed by atoms with Gasteiger partial charge in [0.2, 0.25) is 0 Å². The van der Waals surface area contributed by atoms with Gasteiger partial charge in [0.05, 0.1) is 0 Å². The molecule has 0 fully saturated rings. The van der Waals surface area contributed by atoms with E-state index in [-0.39, 0.29) is 11.9 Å². The number of nitrogens with two attached hydrogens (primary N) is 1. The molecule has 1 aromatic rings. The fourth-order valence-electron chi connectivity index (χ4n) is 2.45. The van der Waals surface area contributed by atoms with Crippen LogP contribution in [0.5, 0.6) is 0 Å². The van der Waals surface area contributed by atoms with Crippen molar-refractivity contribution in [2.24, 2.45) is 5.73 Å². The second-order valence-electron chi connectivity index (χ2n) is 4.77. The SMILES string of the molecule is NCC(NCCC1=CCCC1)c1ccccc1F. The third kappa shape index (κ3) is 3.40. The fraction of sp³-hybridized carbons (Fsp3) is 0.467. The summed E-state index contributed by atoms with van der Waals surface area (Å²) in [6.45, 7) is 1.28. The van der Waals surface area contributed by atoms with Gasteiger partial charge >= 0.3 is 0 Å². The lowest BCUT2D eigenvalue weighted by atomic mass is 10.1. The average molecular weight is 248 g/mol. The highest BCUT2D eigenvalue weighted by Gasteiger charge is 2.13. The second kappa shape index (κ2) is 6.66. The molecule has 0 bridgehead atoms. The van der Waals surface area contributed by atoms with E-state index in [1.54, 1.807) is 12.1 Å². The van der Waals surface area contributed by atoms with Gasteiger partial charge in [-0.05, 0) is 38.3 Å². The topological polar surface area (TPSA) is 38.0 Å². The maximum Gasteiger partial charge on any atom is 0.128 e. The van der Waals surface area contributed by atoms with Gasteiger partial charge in [0, 0.05) is 18.2 Å². The van der Waals surface area contributed by atoms with Gasteiger partial charge in [-0.15, -0.1) is 0 Å². The van der Waals surface area contributed by atoms with Crippen LogP contribution in [0, 0.1) is 5.82 Å². The maximum absolute atomic E-state index is 13.6. The predicted molar refractivity (Wildman–Crippen MR) is 72.7 cm³/mol. The molecule has 0 aliphatic heterocycles. The van der Waals surface area contributed by atoms with Crippen molar-refractivity contribution in [3.05, 3.63) is 47.3 Å².